The van der Waals surface area contributed by atoms with Crippen LogP contribution in [0.25, 0.3) is 0 Å². The number of nitrogens with two attached hydrogens (primary N) is 1. The molecule has 3 N–H and O–H groups in total. The summed E-state index contributed by atoms with van der Waals surface area (Å²) in [5.74, 6) is 4.05. The van der Waals surface area contributed by atoms with Gasteiger partial charge in [0.2, 0.25) is 0 Å². The van der Waals surface area contributed by atoms with Crippen LogP contribution in [-0.4, -0.2) is 35.0 Å². The number of Topliss-reactive ketones (excluding diaryl/α,β-unsaturated/α-hetero) is 1. The van der Waals surface area contributed by atoms with Gasteiger partial charge in [-0.25, -0.2) is 5.01 Å². The Labute approximate surface area is 91.1 Å². The number of hydrogen-bond acceptors (Lipinski definition) is 5. The van der Waals surface area contributed by atoms with Crippen LogP contribution in [0.3, 0.4) is 0 Å². The first kappa shape index (κ1) is 11.8. The quantitative estimate of drug-likeness (QED) is 0.437. The molecule has 0 radical (unpaired) electrons. The maximum absolute atomic E-state index is 11.6. The summed E-state index contributed by atoms with van der Waals surface area (Å²) < 4.78 is 0. The van der Waals surface area contributed by atoms with Crippen LogP contribution in [0.15, 0.2) is 17.5 Å². The second kappa shape index (κ2) is 5.01. The van der Waals surface area contributed by atoms with Gasteiger partial charge in [-0.05, 0) is 11.4 Å². The van der Waals surface area contributed by atoms with Gasteiger partial charge in [0.1, 0.15) is 6.04 Å². The minimum Gasteiger partial charge on any atom is -0.480 e. The Hall–Kier alpha value is -1.24. The first-order valence-electron chi connectivity index (χ1n) is 4.29. The molecule has 5 nitrogen and oxygen atoms in total. The highest BCUT2D eigenvalue weighted by molar-refractivity contribution is 7.12. The molecule has 0 aliphatic rings. The van der Waals surface area contributed by atoms with Gasteiger partial charge in [0, 0.05) is 13.5 Å². The van der Waals surface area contributed by atoms with E-state index in [2.05, 4.69) is 0 Å². The first-order valence-corrected chi connectivity index (χ1v) is 5.17. The molecule has 0 aliphatic carbocycles. The summed E-state index contributed by atoms with van der Waals surface area (Å²) in [6, 6.07) is 2.45. The topological polar surface area (TPSA) is 83.6 Å². The van der Waals surface area contributed by atoms with Crippen molar-refractivity contribution in [1.29, 1.82) is 0 Å². The number of carboxylic acids is 1. The van der Waals surface area contributed by atoms with E-state index in [4.69, 9.17) is 10.9 Å². The van der Waals surface area contributed by atoms with Gasteiger partial charge >= 0.3 is 5.97 Å². The predicted octanol–water partition coefficient (Wildman–Crippen LogP) is 0.580. The minimum absolute atomic E-state index is 0.108. The van der Waals surface area contributed by atoms with Crippen molar-refractivity contribution in [1.82, 2.24) is 5.01 Å². The summed E-state index contributed by atoms with van der Waals surface area (Å²) in [5, 5.41) is 11.6. The van der Waals surface area contributed by atoms with E-state index in [9.17, 15) is 9.59 Å². The van der Waals surface area contributed by atoms with E-state index in [-0.39, 0.29) is 12.2 Å². The van der Waals surface area contributed by atoms with E-state index in [1.54, 1.807) is 17.5 Å². The van der Waals surface area contributed by atoms with Crippen LogP contribution < -0.4 is 5.84 Å². The average Bonchev–Trinajstić information content (AvgIpc) is 2.65. The molecular weight excluding hydrogens is 216 g/mol. The number of ketones is 1. The summed E-state index contributed by atoms with van der Waals surface area (Å²) in [7, 11) is 1.43. The standard InChI is InChI=1S/C9H12N2O3S/c1-11(10)6(9(13)14)5-7(12)8-3-2-4-15-8/h2-4,6H,5,10H2,1H3,(H,13,14)/t6-/m0/s1. The highest BCUT2D eigenvalue weighted by Gasteiger charge is 2.24. The van der Waals surface area contributed by atoms with E-state index in [0.717, 1.165) is 5.01 Å². The number of carbonyl (C=O) groups is 2. The van der Waals surface area contributed by atoms with E-state index < -0.39 is 12.0 Å². The largest absolute Gasteiger partial charge is 0.480 e. The highest BCUT2D eigenvalue weighted by Crippen LogP contribution is 2.13. The lowest BCUT2D eigenvalue weighted by atomic mass is 10.1. The minimum atomic E-state index is -1.09. The molecule has 0 saturated heterocycles. The molecule has 1 rings (SSSR count). The SMILES string of the molecule is CN(N)[C@@H](CC(=O)c1cccs1)C(=O)O. The van der Waals surface area contributed by atoms with E-state index >= 15 is 0 Å². The van der Waals surface area contributed by atoms with Gasteiger partial charge in [-0.2, -0.15) is 0 Å². The fourth-order valence-electron chi connectivity index (χ4n) is 1.12. The Morgan fingerprint density at radius 1 is 1.67 bits per heavy atom. The number of hydrogen-bond donors (Lipinski definition) is 2. The number of carboxylic acid groups (broad SMARTS) is 1. The zero-order valence-corrected chi connectivity index (χ0v) is 9.03. The van der Waals surface area contributed by atoms with Crippen LogP contribution in [0.5, 0.6) is 0 Å². The molecule has 1 aromatic heterocycles. The van der Waals surface area contributed by atoms with E-state index in [1.807, 2.05) is 0 Å². The summed E-state index contributed by atoms with van der Waals surface area (Å²) in [5.41, 5.74) is 0. The van der Waals surface area contributed by atoms with Gasteiger partial charge in [-0.3, -0.25) is 15.4 Å². The Morgan fingerprint density at radius 2 is 2.33 bits per heavy atom. The molecule has 15 heavy (non-hydrogen) atoms. The van der Waals surface area contributed by atoms with Crippen molar-refractivity contribution in [3.8, 4) is 0 Å². The van der Waals surface area contributed by atoms with Crippen LogP contribution in [0, 0.1) is 0 Å². The molecule has 0 bridgehead atoms. The molecule has 1 aromatic rings. The fraction of sp³-hybridized carbons (Fsp3) is 0.333. The smallest absolute Gasteiger partial charge is 0.322 e. The molecule has 82 valence electrons. The van der Waals surface area contributed by atoms with Gasteiger partial charge in [-0.1, -0.05) is 6.07 Å². The zero-order chi connectivity index (χ0) is 11.4. The summed E-state index contributed by atoms with van der Waals surface area (Å²) in [6.07, 6.45) is -0.108. The number of thiophene rings is 1. The van der Waals surface area contributed by atoms with Crippen molar-refractivity contribution >= 4 is 23.1 Å². The lowest BCUT2D eigenvalue weighted by Gasteiger charge is -2.18. The molecule has 0 aromatic carbocycles. The molecule has 0 unspecified atom stereocenters. The lowest BCUT2D eigenvalue weighted by Crippen LogP contribution is -2.44. The number of aliphatic carboxylic acids is 1. The second-order valence-corrected chi connectivity index (χ2v) is 4.07. The number of carbonyl (C=O) groups excluding carboxylic acids is 1. The van der Waals surface area contributed by atoms with Crippen LogP contribution in [-0.2, 0) is 4.79 Å². The summed E-state index contributed by atoms with van der Waals surface area (Å²) in [4.78, 5) is 22.9. The zero-order valence-electron chi connectivity index (χ0n) is 8.21. The van der Waals surface area contributed by atoms with Crippen molar-refractivity contribution < 1.29 is 14.7 Å². The van der Waals surface area contributed by atoms with E-state index in [1.165, 1.54) is 18.4 Å². The van der Waals surface area contributed by atoms with Gasteiger partial charge in [0.25, 0.3) is 0 Å². The van der Waals surface area contributed by atoms with Crippen LogP contribution in [0.1, 0.15) is 16.1 Å². The summed E-state index contributed by atoms with van der Waals surface area (Å²) in [6.45, 7) is 0. The van der Waals surface area contributed by atoms with Crippen LogP contribution in [0.2, 0.25) is 0 Å². The molecule has 1 heterocycles. The van der Waals surface area contributed by atoms with E-state index in [0.29, 0.717) is 4.88 Å². The van der Waals surface area contributed by atoms with Gasteiger partial charge < -0.3 is 5.11 Å². The third kappa shape index (κ3) is 3.12. The molecule has 1 atom stereocenters. The van der Waals surface area contributed by atoms with Crippen molar-refractivity contribution in [3.63, 3.8) is 0 Å². The predicted molar refractivity (Wildman–Crippen MR) is 56.6 cm³/mol. The van der Waals surface area contributed by atoms with Gasteiger partial charge in [-0.15, -0.1) is 11.3 Å². The fourth-order valence-corrected chi connectivity index (χ4v) is 1.79. The Bertz CT molecular complexity index is 348. The number of hydrazine groups is 1. The van der Waals surface area contributed by atoms with Gasteiger partial charge in [0.05, 0.1) is 4.88 Å². The second-order valence-electron chi connectivity index (χ2n) is 3.12. The van der Waals surface area contributed by atoms with Crippen LogP contribution in [0.4, 0.5) is 0 Å². The van der Waals surface area contributed by atoms with Crippen molar-refractivity contribution in [3.05, 3.63) is 22.4 Å². The van der Waals surface area contributed by atoms with Crippen molar-refractivity contribution in [2.75, 3.05) is 7.05 Å². The Morgan fingerprint density at radius 3 is 2.73 bits per heavy atom. The molecular formula is C9H12N2O3S. The summed E-state index contributed by atoms with van der Waals surface area (Å²) >= 11 is 1.29. The first-order chi connectivity index (χ1) is 7.02. The van der Waals surface area contributed by atoms with Crippen molar-refractivity contribution in [2.45, 2.75) is 12.5 Å². The molecule has 0 saturated carbocycles. The molecule has 6 heteroatoms. The third-order valence-corrected chi connectivity index (χ3v) is 2.86. The monoisotopic (exact) mass is 228 g/mol. The van der Waals surface area contributed by atoms with Crippen LogP contribution >= 0.6 is 11.3 Å². The molecule has 0 amide bonds. The maximum Gasteiger partial charge on any atom is 0.322 e. The number of likely N-dealkylation sites (N-methyl/N-ethyl adjacent to an activating group) is 1. The number of nitrogens with zero attached hydrogens (tertiary/aromatic N) is 1. The lowest BCUT2D eigenvalue weighted by molar-refractivity contribution is -0.142. The molecule has 0 spiro atoms. The molecule has 0 fully saturated rings. The maximum atomic E-state index is 11.6. The van der Waals surface area contributed by atoms with Gasteiger partial charge in [0.15, 0.2) is 5.78 Å². The number of rotatable bonds is 5. The third-order valence-electron chi connectivity index (χ3n) is 1.95. The normalized spacial score (nSPS) is 12.7. The Kier molecular flexibility index (Phi) is 3.96. The molecule has 0 aliphatic heterocycles. The van der Waals surface area contributed by atoms with Crippen molar-refractivity contribution in [2.24, 2.45) is 5.84 Å². The average molecular weight is 228 g/mol. The Balaban J connectivity index is 2.67. The highest BCUT2D eigenvalue weighted by atomic mass is 32.1.